The first-order chi connectivity index (χ1) is 12.0. The van der Waals surface area contributed by atoms with E-state index in [0.29, 0.717) is 10.3 Å². The van der Waals surface area contributed by atoms with E-state index >= 15 is 0 Å². The molecule has 0 saturated carbocycles. The van der Waals surface area contributed by atoms with E-state index in [1.807, 2.05) is 18.2 Å². The zero-order valence-electron chi connectivity index (χ0n) is 13.5. The van der Waals surface area contributed by atoms with Crippen molar-refractivity contribution in [2.75, 3.05) is 7.05 Å². The number of hydrogen-bond donors (Lipinski definition) is 3. The molecule has 4 nitrogen and oxygen atoms in total. The molecule has 0 spiro atoms. The third-order valence-corrected chi connectivity index (χ3v) is 4.40. The molecular formula is C18H17BFNO3S. The van der Waals surface area contributed by atoms with Gasteiger partial charge in [0.15, 0.2) is 0 Å². The Morgan fingerprint density at radius 1 is 1.04 bits per heavy atom. The molecule has 3 rings (SSSR count). The highest BCUT2D eigenvalue weighted by molar-refractivity contribution is 7.17. The van der Waals surface area contributed by atoms with E-state index in [9.17, 15) is 9.18 Å². The van der Waals surface area contributed by atoms with Crippen molar-refractivity contribution in [2.45, 2.75) is 0 Å². The fraction of sp³-hybridized carbons (Fsp3) is 0.0556. The van der Waals surface area contributed by atoms with Crippen LogP contribution in [-0.4, -0.2) is 30.1 Å². The summed E-state index contributed by atoms with van der Waals surface area (Å²) in [4.78, 5) is 12.9. The average Bonchev–Trinajstić information content (AvgIpc) is 3.12. The Morgan fingerprint density at radius 3 is 2.32 bits per heavy atom. The molecule has 0 aliphatic carbocycles. The maximum atomic E-state index is 13.0. The highest BCUT2D eigenvalue weighted by Gasteiger charge is 2.09. The van der Waals surface area contributed by atoms with Gasteiger partial charge in [-0.2, -0.15) is 0 Å². The lowest BCUT2D eigenvalue weighted by molar-refractivity contribution is 0.0967. The van der Waals surface area contributed by atoms with Gasteiger partial charge in [0.1, 0.15) is 5.82 Å². The molecule has 3 aromatic rings. The Bertz CT molecular complexity index is 824. The van der Waals surface area contributed by atoms with Crippen LogP contribution in [0.2, 0.25) is 0 Å². The van der Waals surface area contributed by atoms with Crippen LogP contribution in [0.25, 0.3) is 10.4 Å². The smallest absolute Gasteiger partial charge is 0.423 e. The first-order valence-electron chi connectivity index (χ1n) is 7.50. The number of amides is 1. The zero-order chi connectivity index (χ0) is 18.2. The van der Waals surface area contributed by atoms with Gasteiger partial charge in [-0.15, -0.1) is 11.3 Å². The molecule has 0 saturated heterocycles. The molecule has 0 radical (unpaired) electrons. The van der Waals surface area contributed by atoms with Gasteiger partial charge in [-0.25, -0.2) is 4.39 Å². The summed E-state index contributed by atoms with van der Waals surface area (Å²) in [7, 11) is 0.246. The molecule has 1 amide bonds. The maximum absolute atomic E-state index is 13.0. The minimum atomic E-state index is -1.34. The van der Waals surface area contributed by atoms with Crippen molar-refractivity contribution in [2.24, 2.45) is 0 Å². The van der Waals surface area contributed by atoms with Crippen LogP contribution in [-0.2, 0) is 0 Å². The first kappa shape index (κ1) is 18.9. The Hall–Kier alpha value is -2.48. The van der Waals surface area contributed by atoms with Crippen LogP contribution in [0.5, 0.6) is 0 Å². The molecule has 0 fully saturated rings. The normalized spacial score (nSPS) is 9.76. The molecular weight excluding hydrogens is 340 g/mol. The van der Waals surface area contributed by atoms with E-state index in [1.54, 1.807) is 43.4 Å². The Balaban J connectivity index is 0.000000212. The second-order valence-corrected chi connectivity index (χ2v) is 6.12. The van der Waals surface area contributed by atoms with Crippen molar-refractivity contribution >= 4 is 29.8 Å². The molecule has 0 atom stereocenters. The summed E-state index contributed by atoms with van der Waals surface area (Å²) in [5, 5.41) is 19.7. The van der Waals surface area contributed by atoms with Crippen LogP contribution >= 0.6 is 11.3 Å². The molecule has 0 unspecified atom stereocenters. The van der Waals surface area contributed by atoms with Gasteiger partial charge in [-0.3, -0.25) is 4.79 Å². The zero-order valence-corrected chi connectivity index (χ0v) is 14.3. The summed E-state index contributed by atoms with van der Waals surface area (Å²) in [6, 6.07) is 18.6. The summed E-state index contributed by atoms with van der Waals surface area (Å²) in [6.45, 7) is 0. The minimum Gasteiger partial charge on any atom is -0.423 e. The van der Waals surface area contributed by atoms with Crippen molar-refractivity contribution < 1.29 is 19.2 Å². The fourth-order valence-electron chi connectivity index (χ4n) is 2.01. The van der Waals surface area contributed by atoms with Crippen molar-refractivity contribution in [3.63, 3.8) is 0 Å². The van der Waals surface area contributed by atoms with Crippen LogP contribution < -0.4 is 10.8 Å². The van der Waals surface area contributed by atoms with Crippen LogP contribution in [0, 0.1) is 5.82 Å². The van der Waals surface area contributed by atoms with Crippen molar-refractivity contribution in [1.82, 2.24) is 5.32 Å². The SMILES string of the molecule is CNC(=O)c1ccc(-c2cccc(F)c2)s1.OB(O)c1ccccc1. The predicted molar refractivity (Wildman–Crippen MR) is 99.4 cm³/mol. The largest absolute Gasteiger partial charge is 0.488 e. The van der Waals surface area contributed by atoms with Gasteiger partial charge in [0, 0.05) is 11.9 Å². The molecule has 0 bridgehead atoms. The van der Waals surface area contributed by atoms with Crippen LogP contribution in [0.4, 0.5) is 4.39 Å². The monoisotopic (exact) mass is 357 g/mol. The third-order valence-electron chi connectivity index (χ3n) is 3.26. The van der Waals surface area contributed by atoms with E-state index < -0.39 is 7.12 Å². The molecule has 1 heterocycles. The highest BCUT2D eigenvalue weighted by Crippen LogP contribution is 2.28. The summed E-state index contributed by atoms with van der Waals surface area (Å²) in [6.07, 6.45) is 0. The Morgan fingerprint density at radius 2 is 1.76 bits per heavy atom. The lowest BCUT2D eigenvalue weighted by atomic mass is 9.81. The fourth-order valence-corrected chi connectivity index (χ4v) is 2.95. The number of nitrogens with one attached hydrogen (secondary N) is 1. The minimum absolute atomic E-state index is 0.118. The number of thiophene rings is 1. The standard InChI is InChI=1S/C12H10FNOS.C6H7BO2/c1-14-12(15)11-6-5-10(16-11)8-3-2-4-9(13)7-8;8-7(9)6-4-2-1-3-5-6/h2-7H,1H3,(H,14,15);1-5,8-9H. The summed E-state index contributed by atoms with van der Waals surface area (Å²) < 4.78 is 13.0. The third kappa shape index (κ3) is 5.53. The second kappa shape index (κ2) is 9.12. The topological polar surface area (TPSA) is 69.6 Å². The van der Waals surface area contributed by atoms with Crippen molar-refractivity contribution in [3.8, 4) is 10.4 Å². The lowest BCUT2D eigenvalue weighted by Crippen LogP contribution is -2.29. The van der Waals surface area contributed by atoms with Crippen molar-refractivity contribution in [1.29, 1.82) is 0 Å². The maximum Gasteiger partial charge on any atom is 0.488 e. The van der Waals surface area contributed by atoms with Gasteiger partial charge >= 0.3 is 7.12 Å². The Labute approximate surface area is 149 Å². The second-order valence-electron chi connectivity index (χ2n) is 5.04. The summed E-state index contributed by atoms with van der Waals surface area (Å²) in [5.41, 5.74) is 1.32. The number of rotatable bonds is 3. The van der Waals surface area contributed by atoms with Gasteiger partial charge in [0.2, 0.25) is 0 Å². The van der Waals surface area contributed by atoms with Crippen LogP contribution in [0.1, 0.15) is 9.67 Å². The number of halogens is 1. The van der Waals surface area contributed by atoms with Crippen LogP contribution in [0.15, 0.2) is 66.7 Å². The number of carbonyl (C=O) groups excluding carboxylic acids is 1. The van der Waals surface area contributed by atoms with E-state index in [-0.39, 0.29) is 11.7 Å². The first-order valence-corrected chi connectivity index (χ1v) is 8.32. The molecule has 25 heavy (non-hydrogen) atoms. The number of hydrogen-bond acceptors (Lipinski definition) is 4. The summed E-state index contributed by atoms with van der Waals surface area (Å²) >= 11 is 1.35. The predicted octanol–water partition coefficient (Wildman–Crippen LogP) is 2.28. The number of benzene rings is 2. The molecule has 2 aromatic carbocycles. The van der Waals surface area contributed by atoms with E-state index in [0.717, 1.165) is 10.4 Å². The molecule has 1 aromatic heterocycles. The molecule has 0 aliphatic rings. The molecule has 3 N–H and O–H groups in total. The molecule has 7 heteroatoms. The Kier molecular flexibility index (Phi) is 6.88. The summed E-state index contributed by atoms with van der Waals surface area (Å²) in [5.74, 6) is -0.389. The van der Waals surface area contributed by atoms with Gasteiger partial charge < -0.3 is 15.4 Å². The quantitative estimate of drug-likeness (QED) is 0.630. The van der Waals surface area contributed by atoms with Crippen molar-refractivity contribution in [3.05, 3.63) is 77.4 Å². The lowest BCUT2D eigenvalue weighted by Gasteiger charge is -1.96. The molecule has 0 aliphatic heterocycles. The van der Waals surface area contributed by atoms with E-state index in [4.69, 9.17) is 10.0 Å². The van der Waals surface area contributed by atoms with Gasteiger partial charge in [0.05, 0.1) is 4.88 Å². The molecule has 128 valence electrons. The average molecular weight is 357 g/mol. The van der Waals surface area contributed by atoms with Crippen LogP contribution in [0.3, 0.4) is 0 Å². The van der Waals surface area contributed by atoms with Gasteiger partial charge in [-0.1, -0.05) is 42.5 Å². The highest BCUT2D eigenvalue weighted by atomic mass is 32.1. The van der Waals surface area contributed by atoms with E-state index in [1.165, 1.54) is 23.5 Å². The van der Waals surface area contributed by atoms with Gasteiger partial charge in [0.25, 0.3) is 5.91 Å². The van der Waals surface area contributed by atoms with Gasteiger partial charge in [-0.05, 0) is 35.3 Å². The van der Waals surface area contributed by atoms with E-state index in [2.05, 4.69) is 5.32 Å². The number of carbonyl (C=O) groups is 1.